The summed E-state index contributed by atoms with van der Waals surface area (Å²) in [7, 11) is 0. The molecule has 25 heavy (non-hydrogen) atoms. The Morgan fingerprint density at radius 1 is 1.32 bits per heavy atom. The predicted molar refractivity (Wildman–Crippen MR) is 106 cm³/mol. The van der Waals surface area contributed by atoms with Crippen molar-refractivity contribution in [2.75, 3.05) is 31.1 Å². The second-order valence-electron chi connectivity index (χ2n) is 7.51. The summed E-state index contributed by atoms with van der Waals surface area (Å²) in [5.74, 6) is 3.16. The van der Waals surface area contributed by atoms with E-state index in [1.807, 2.05) is 11.8 Å². The molecule has 2 atom stereocenters. The van der Waals surface area contributed by atoms with Gasteiger partial charge in [-0.3, -0.25) is 9.69 Å². The molecule has 1 aromatic rings. The number of thioether (sulfide) groups is 1. The number of carbonyl (C=O) groups excluding carboxylic acids is 1. The summed E-state index contributed by atoms with van der Waals surface area (Å²) in [6.07, 6.45) is 3.27. The molecular formula is C20H31N3OS. The Hall–Kier alpha value is -1.04. The van der Waals surface area contributed by atoms with Crippen LogP contribution in [0.4, 0.5) is 0 Å². The highest BCUT2D eigenvalue weighted by molar-refractivity contribution is 7.99. The number of hydrogen-bond acceptors (Lipinski definition) is 4. The van der Waals surface area contributed by atoms with Gasteiger partial charge in [0.05, 0.1) is 0 Å². The van der Waals surface area contributed by atoms with Gasteiger partial charge in [-0.25, -0.2) is 0 Å². The zero-order chi connectivity index (χ0) is 17.5. The van der Waals surface area contributed by atoms with E-state index in [9.17, 15) is 4.79 Å². The molecule has 2 N–H and O–H groups in total. The lowest BCUT2D eigenvalue weighted by Crippen LogP contribution is -2.41. The van der Waals surface area contributed by atoms with Gasteiger partial charge >= 0.3 is 0 Å². The molecule has 2 heterocycles. The molecule has 2 unspecified atom stereocenters. The van der Waals surface area contributed by atoms with Crippen molar-refractivity contribution in [1.29, 1.82) is 0 Å². The molecular weight excluding hydrogens is 330 g/mol. The Kier molecular flexibility index (Phi) is 7.20. The first-order chi connectivity index (χ1) is 12.2. The van der Waals surface area contributed by atoms with Gasteiger partial charge in [-0.2, -0.15) is 11.8 Å². The van der Waals surface area contributed by atoms with Crippen LogP contribution in [0.15, 0.2) is 24.3 Å². The quantitative estimate of drug-likeness (QED) is 0.818. The maximum atomic E-state index is 12.1. The van der Waals surface area contributed by atoms with Crippen molar-refractivity contribution in [3.8, 4) is 0 Å². The van der Waals surface area contributed by atoms with E-state index in [1.165, 1.54) is 37.1 Å². The van der Waals surface area contributed by atoms with E-state index in [-0.39, 0.29) is 5.91 Å². The third-order valence-corrected chi connectivity index (χ3v) is 6.22. The second-order valence-corrected chi connectivity index (χ2v) is 8.66. The number of piperidine rings is 1. The molecule has 3 rings (SSSR count). The molecule has 0 radical (unpaired) electrons. The van der Waals surface area contributed by atoms with E-state index < -0.39 is 0 Å². The highest BCUT2D eigenvalue weighted by atomic mass is 32.2. The maximum absolute atomic E-state index is 12.1. The topological polar surface area (TPSA) is 44.4 Å². The Balaban J connectivity index is 1.40. The smallest absolute Gasteiger partial charge is 0.221 e. The number of likely N-dealkylation sites (tertiary alicyclic amines) is 1. The van der Waals surface area contributed by atoms with Crippen LogP contribution in [0.25, 0.3) is 0 Å². The van der Waals surface area contributed by atoms with Crippen molar-refractivity contribution < 1.29 is 4.79 Å². The first-order valence-electron chi connectivity index (χ1n) is 9.57. The van der Waals surface area contributed by atoms with Crippen molar-refractivity contribution in [2.45, 2.75) is 45.3 Å². The van der Waals surface area contributed by atoms with Gasteiger partial charge in [-0.15, -0.1) is 0 Å². The molecule has 2 saturated heterocycles. The van der Waals surface area contributed by atoms with Crippen LogP contribution >= 0.6 is 11.8 Å². The van der Waals surface area contributed by atoms with Gasteiger partial charge < -0.3 is 10.6 Å². The first kappa shape index (κ1) is 18.7. The fraction of sp³-hybridized carbons (Fsp3) is 0.650. The highest BCUT2D eigenvalue weighted by Crippen LogP contribution is 2.18. The molecule has 0 aromatic heterocycles. The predicted octanol–water partition coefficient (Wildman–Crippen LogP) is 2.63. The summed E-state index contributed by atoms with van der Waals surface area (Å²) < 4.78 is 0. The minimum atomic E-state index is 0.145. The standard InChI is InChI=1S/C20H31N3OS/c1-16-3-2-9-23(13-16)14-18-6-4-17(5-7-18)12-22-20(24)11-19-15-25-10-8-21-19/h4-7,16,19,21H,2-3,8-15H2,1H3,(H,22,24). The average Bonchev–Trinajstić information content (AvgIpc) is 2.62. The van der Waals surface area contributed by atoms with Crippen LogP contribution in [0, 0.1) is 5.92 Å². The van der Waals surface area contributed by atoms with Crippen LogP contribution in [0.3, 0.4) is 0 Å². The summed E-state index contributed by atoms with van der Waals surface area (Å²) in [4.78, 5) is 14.6. The molecule has 4 nitrogen and oxygen atoms in total. The number of hydrogen-bond donors (Lipinski definition) is 2. The Morgan fingerprint density at radius 2 is 2.12 bits per heavy atom. The fourth-order valence-electron chi connectivity index (χ4n) is 3.70. The van der Waals surface area contributed by atoms with Gasteiger partial charge in [-0.1, -0.05) is 31.2 Å². The van der Waals surface area contributed by atoms with Crippen LogP contribution < -0.4 is 10.6 Å². The minimum Gasteiger partial charge on any atom is -0.352 e. The van der Waals surface area contributed by atoms with Gasteiger partial charge in [-0.05, 0) is 36.4 Å². The fourth-order valence-corrected chi connectivity index (χ4v) is 4.65. The SMILES string of the molecule is CC1CCCN(Cc2ccc(CNC(=O)CC3CSCCN3)cc2)C1. The third-order valence-electron chi connectivity index (χ3n) is 5.09. The van der Waals surface area contributed by atoms with Crippen LogP contribution in [0.2, 0.25) is 0 Å². The molecule has 1 amide bonds. The number of carbonyl (C=O) groups is 1. The molecule has 1 aromatic carbocycles. The van der Waals surface area contributed by atoms with E-state index >= 15 is 0 Å². The first-order valence-corrected chi connectivity index (χ1v) is 10.7. The zero-order valence-corrected chi connectivity index (χ0v) is 16.1. The molecule has 2 fully saturated rings. The number of benzene rings is 1. The molecule has 2 aliphatic rings. The number of nitrogens with zero attached hydrogens (tertiary/aromatic N) is 1. The van der Waals surface area contributed by atoms with E-state index in [1.54, 1.807) is 0 Å². The van der Waals surface area contributed by atoms with Crippen molar-refractivity contribution in [3.05, 3.63) is 35.4 Å². The van der Waals surface area contributed by atoms with Gasteiger partial charge in [0.1, 0.15) is 0 Å². The van der Waals surface area contributed by atoms with E-state index in [0.717, 1.165) is 30.5 Å². The van der Waals surface area contributed by atoms with Crippen molar-refractivity contribution in [3.63, 3.8) is 0 Å². The molecule has 5 heteroatoms. The van der Waals surface area contributed by atoms with Crippen LogP contribution in [0.5, 0.6) is 0 Å². The Labute approximate surface area is 156 Å². The highest BCUT2D eigenvalue weighted by Gasteiger charge is 2.17. The van der Waals surface area contributed by atoms with Gasteiger partial charge in [0, 0.05) is 50.1 Å². The monoisotopic (exact) mass is 361 g/mol. The van der Waals surface area contributed by atoms with Crippen molar-refractivity contribution >= 4 is 17.7 Å². The van der Waals surface area contributed by atoms with Gasteiger partial charge in [0.2, 0.25) is 5.91 Å². The van der Waals surface area contributed by atoms with Crippen molar-refractivity contribution in [2.24, 2.45) is 5.92 Å². The Morgan fingerprint density at radius 3 is 2.84 bits per heavy atom. The summed E-state index contributed by atoms with van der Waals surface area (Å²) in [5.41, 5.74) is 2.54. The van der Waals surface area contributed by atoms with Gasteiger partial charge in [0.15, 0.2) is 0 Å². The summed E-state index contributed by atoms with van der Waals surface area (Å²) >= 11 is 1.93. The van der Waals surface area contributed by atoms with Crippen LogP contribution in [0.1, 0.15) is 37.3 Å². The lowest BCUT2D eigenvalue weighted by Gasteiger charge is -2.30. The molecule has 0 bridgehead atoms. The van der Waals surface area contributed by atoms with Crippen LogP contribution in [-0.2, 0) is 17.9 Å². The van der Waals surface area contributed by atoms with Crippen molar-refractivity contribution in [1.82, 2.24) is 15.5 Å². The van der Waals surface area contributed by atoms with Gasteiger partial charge in [0.25, 0.3) is 0 Å². The number of amides is 1. The molecule has 0 aliphatic carbocycles. The molecule has 2 aliphatic heterocycles. The molecule has 138 valence electrons. The lowest BCUT2D eigenvalue weighted by atomic mass is 9.99. The van der Waals surface area contributed by atoms with E-state index in [0.29, 0.717) is 19.0 Å². The van der Waals surface area contributed by atoms with Crippen LogP contribution in [-0.4, -0.2) is 48.0 Å². The zero-order valence-electron chi connectivity index (χ0n) is 15.3. The largest absolute Gasteiger partial charge is 0.352 e. The minimum absolute atomic E-state index is 0.145. The molecule has 0 saturated carbocycles. The number of nitrogens with one attached hydrogen (secondary N) is 2. The summed E-state index contributed by atoms with van der Waals surface area (Å²) in [6.45, 7) is 7.46. The normalized spacial score (nSPS) is 24.8. The number of rotatable bonds is 6. The summed E-state index contributed by atoms with van der Waals surface area (Å²) in [6, 6.07) is 9.04. The lowest BCUT2D eigenvalue weighted by molar-refractivity contribution is -0.121. The summed E-state index contributed by atoms with van der Waals surface area (Å²) in [5, 5.41) is 6.47. The maximum Gasteiger partial charge on any atom is 0.221 e. The van der Waals surface area contributed by atoms with E-state index in [2.05, 4.69) is 46.7 Å². The molecule has 0 spiro atoms. The average molecular weight is 362 g/mol. The third kappa shape index (κ3) is 6.32. The second kappa shape index (κ2) is 9.60. The van der Waals surface area contributed by atoms with E-state index in [4.69, 9.17) is 0 Å². The Bertz CT molecular complexity index is 542.